The van der Waals surface area contributed by atoms with Crippen LogP contribution in [0.15, 0.2) is 36.9 Å². The van der Waals surface area contributed by atoms with Crippen molar-refractivity contribution in [3.63, 3.8) is 0 Å². The lowest BCUT2D eigenvalue weighted by Gasteiger charge is -2.23. The second-order valence-electron chi connectivity index (χ2n) is 3.93. The highest BCUT2D eigenvalue weighted by atomic mass is 16.5. The van der Waals surface area contributed by atoms with Crippen LogP contribution in [0.3, 0.4) is 0 Å². The molecule has 2 amide bonds. The molecule has 0 radical (unpaired) electrons. The molecule has 0 aliphatic rings. The number of aliphatic hydroxyl groups is 1. The molecule has 5 nitrogen and oxygen atoms in total. The van der Waals surface area contributed by atoms with Crippen LogP contribution in [0.5, 0.6) is 5.75 Å². The number of ether oxygens (including phenoxy) is 1. The average molecular weight is 264 g/mol. The fourth-order valence-electron chi connectivity index (χ4n) is 1.68. The van der Waals surface area contributed by atoms with E-state index in [0.29, 0.717) is 13.1 Å². The summed E-state index contributed by atoms with van der Waals surface area (Å²) in [6, 6.07) is 7.26. The third-order valence-corrected chi connectivity index (χ3v) is 2.61. The third-order valence-electron chi connectivity index (χ3n) is 2.61. The van der Waals surface area contributed by atoms with Crippen molar-refractivity contribution in [3.05, 3.63) is 42.5 Å². The lowest BCUT2D eigenvalue weighted by molar-refractivity contribution is 0.174. The molecule has 5 heteroatoms. The van der Waals surface area contributed by atoms with Crippen LogP contribution in [0.25, 0.3) is 0 Å². The number of nitrogens with one attached hydrogen (secondary N) is 1. The number of aliphatic hydroxyl groups excluding tert-OH is 1. The van der Waals surface area contributed by atoms with Gasteiger partial charge in [0.25, 0.3) is 0 Å². The third kappa shape index (κ3) is 4.63. The van der Waals surface area contributed by atoms with Crippen molar-refractivity contribution in [2.75, 3.05) is 26.8 Å². The maximum Gasteiger partial charge on any atom is 0.318 e. The van der Waals surface area contributed by atoms with E-state index in [1.165, 1.54) is 4.90 Å². The largest absolute Gasteiger partial charge is 0.496 e. The first kappa shape index (κ1) is 15.0. The lowest BCUT2D eigenvalue weighted by atomic mass is 10.2. The summed E-state index contributed by atoms with van der Waals surface area (Å²) >= 11 is 0. The van der Waals surface area contributed by atoms with Crippen LogP contribution < -0.4 is 10.1 Å². The Kier molecular flexibility index (Phi) is 6.46. The Morgan fingerprint density at radius 2 is 2.26 bits per heavy atom. The summed E-state index contributed by atoms with van der Waals surface area (Å²) in [5.41, 5.74) is 0.896. The molecule has 0 spiro atoms. The highest BCUT2D eigenvalue weighted by Gasteiger charge is 2.14. The zero-order valence-corrected chi connectivity index (χ0v) is 11.1. The summed E-state index contributed by atoms with van der Waals surface area (Å²) in [5, 5.41) is 11.7. The van der Waals surface area contributed by atoms with Crippen molar-refractivity contribution >= 4 is 6.03 Å². The second-order valence-corrected chi connectivity index (χ2v) is 3.93. The van der Waals surface area contributed by atoms with Gasteiger partial charge in [-0.25, -0.2) is 4.79 Å². The van der Waals surface area contributed by atoms with Gasteiger partial charge in [0.05, 0.1) is 20.3 Å². The topological polar surface area (TPSA) is 61.8 Å². The molecule has 0 aromatic heterocycles. The van der Waals surface area contributed by atoms with Crippen molar-refractivity contribution in [2.24, 2.45) is 0 Å². The fourth-order valence-corrected chi connectivity index (χ4v) is 1.68. The number of amides is 2. The molecule has 1 aromatic carbocycles. The van der Waals surface area contributed by atoms with E-state index in [0.717, 1.165) is 11.3 Å². The second kappa shape index (κ2) is 8.16. The number of methoxy groups -OCH3 is 1. The van der Waals surface area contributed by atoms with Gasteiger partial charge < -0.3 is 20.1 Å². The van der Waals surface area contributed by atoms with Gasteiger partial charge in [-0.1, -0.05) is 24.3 Å². The molecule has 1 rings (SSSR count). The van der Waals surface area contributed by atoms with E-state index in [1.54, 1.807) is 13.2 Å². The quantitative estimate of drug-likeness (QED) is 0.731. The van der Waals surface area contributed by atoms with Gasteiger partial charge >= 0.3 is 6.03 Å². The van der Waals surface area contributed by atoms with Crippen LogP contribution in [0.4, 0.5) is 4.79 Å². The van der Waals surface area contributed by atoms with Gasteiger partial charge in [0.15, 0.2) is 0 Å². The van der Waals surface area contributed by atoms with Gasteiger partial charge in [-0.3, -0.25) is 0 Å². The van der Waals surface area contributed by atoms with Gasteiger partial charge in [0.1, 0.15) is 5.75 Å². The Balaban J connectivity index is 2.76. The van der Waals surface area contributed by atoms with Crippen molar-refractivity contribution in [1.82, 2.24) is 10.2 Å². The molecular weight excluding hydrogens is 244 g/mol. The van der Waals surface area contributed by atoms with Crippen molar-refractivity contribution in [1.29, 1.82) is 0 Å². The van der Waals surface area contributed by atoms with Crippen molar-refractivity contribution in [3.8, 4) is 5.75 Å². The molecule has 0 bridgehead atoms. The molecule has 0 aliphatic carbocycles. The van der Waals surface area contributed by atoms with Gasteiger partial charge in [-0.15, -0.1) is 6.58 Å². The summed E-state index contributed by atoms with van der Waals surface area (Å²) in [7, 11) is 1.59. The zero-order valence-electron chi connectivity index (χ0n) is 11.1. The fraction of sp³-hybridized carbons (Fsp3) is 0.357. The Bertz CT molecular complexity index is 421. The SMILES string of the molecule is C=CCNC(=O)N(CCO)Cc1ccccc1OC. The molecule has 104 valence electrons. The van der Waals surface area contributed by atoms with E-state index < -0.39 is 0 Å². The molecule has 0 unspecified atom stereocenters. The monoisotopic (exact) mass is 264 g/mol. The minimum absolute atomic E-state index is 0.0866. The number of hydrogen-bond acceptors (Lipinski definition) is 3. The van der Waals surface area contributed by atoms with Gasteiger partial charge in [0, 0.05) is 18.7 Å². The predicted octanol–water partition coefficient (Wildman–Crippen LogP) is 1.39. The van der Waals surface area contributed by atoms with E-state index >= 15 is 0 Å². The Labute approximate surface area is 113 Å². The van der Waals surface area contributed by atoms with Crippen LogP contribution in [-0.4, -0.2) is 42.8 Å². The van der Waals surface area contributed by atoms with Crippen molar-refractivity contribution in [2.45, 2.75) is 6.54 Å². The molecule has 0 atom stereocenters. The van der Waals surface area contributed by atoms with Crippen LogP contribution in [0.2, 0.25) is 0 Å². The number of urea groups is 1. The number of nitrogens with zero attached hydrogens (tertiary/aromatic N) is 1. The lowest BCUT2D eigenvalue weighted by Crippen LogP contribution is -2.41. The molecule has 2 N–H and O–H groups in total. The summed E-state index contributed by atoms with van der Waals surface area (Å²) in [6.45, 7) is 4.50. The first-order chi connectivity index (χ1) is 9.22. The molecular formula is C14H20N2O3. The standard InChI is InChI=1S/C14H20N2O3/c1-3-8-15-14(18)16(9-10-17)11-12-6-4-5-7-13(12)19-2/h3-7,17H,1,8-11H2,2H3,(H,15,18). The molecule has 1 aromatic rings. The maximum atomic E-state index is 11.9. The smallest absolute Gasteiger partial charge is 0.318 e. The number of para-hydroxylation sites is 1. The minimum atomic E-state index is -0.236. The highest BCUT2D eigenvalue weighted by Crippen LogP contribution is 2.19. The van der Waals surface area contributed by atoms with E-state index in [1.807, 2.05) is 24.3 Å². The summed E-state index contributed by atoms with van der Waals surface area (Å²) in [6.07, 6.45) is 1.61. The first-order valence-electron chi connectivity index (χ1n) is 6.09. The first-order valence-corrected chi connectivity index (χ1v) is 6.09. The van der Waals surface area contributed by atoms with Crippen LogP contribution in [0, 0.1) is 0 Å². The molecule has 0 aliphatic heterocycles. The van der Waals surface area contributed by atoms with E-state index in [4.69, 9.17) is 9.84 Å². The molecule has 19 heavy (non-hydrogen) atoms. The molecule has 0 fully saturated rings. The maximum absolute atomic E-state index is 11.9. The summed E-state index contributed by atoms with van der Waals surface area (Å²) < 4.78 is 5.25. The number of carbonyl (C=O) groups excluding carboxylic acids is 1. The van der Waals surface area contributed by atoms with Crippen LogP contribution in [-0.2, 0) is 6.54 Å². The van der Waals surface area contributed by atoms with Gasteiger partial charge in [-0.05, 0) is 6.07 Å². The minimum Gasteiger partial charge on any atom is -0.496 e. The summed E-state index contributed by atoms with van der Waals surface area (Å²) in [4.78, 5) is 13.4. The molecule has 0 saturated heterocycles. The molecule has 0 heterocycles. The van der Waals surface area contributed by atoms with Crippen molar-refractivity contribution < 1.29 is 14.6 Å². The zero-order chi connectivity index (χ0) is 14.1. The summed E-state index contributed by atoms with van der Waals surface area (Å²) in [5.74, 6) is 0.724. The number of carbonyl (C=O) groups is 1. The average Bonchev–Trinajstić information content (AvgIpc) is 2.44. The van der Waals surface area contributed by atoms with Gasteiger partial charge in [0.2, 0.25) is 0 Å². The number of hydrogen-bond donors (Lipinski definition) is 2. The Morgan fingerprint density at radius 1 is 1.53 bits per heavy atom. The Morgan fingerprint density at radius 3 is 2.89 bits per heavy atom. The van der Waals surface area contributed by atoms with Gasteiger partial charge in [-0.2, -0.15) is 0 Å². The number of rotatable bonds is 7. The van der Waals surface area contributed by atoms with E-state index in [-0.39, 0.29) is 19.2 Å². The normalized spacial score (nSPS) is 9.79. The van der Waals surface area contributed by atoms with Crippen LogP contribution in [0.1, 0.15) is 5.56 Å². The predicted molar refractivity (Wildman–Crippen MR) is 74.1 cm³/mol. The molecule has 0 saturated carbocycles. The number of benzene rings is 1. The highest BCUT2D eigenvalue weighted by molar-refractivity contribution is 5.74. The van der Waals surface area contributed by atoms with E-state index in [2.05, 4.69) is 11.9 Å². The Hall–Kier alpha value is -2.01. The van der Waals surface area contributed by atoms with Crippen LogP contribution >= 0.6 is 0 Å². The van der Waals surface area contributed by atoms with E-state index in [9.17, 15) is 4.79 Å².